The Kier molecular flexibility index (Phi) is 7.24. The summed E-state index contributed by atoms with van der Waals surface area (Å²) in [5.41, 5.74) is 2.70. The molecule has 0 bridgehead atoms. The van der Waals surface area contributed by atoms with Crippen LogP contribution in [0.3, 0.4) is 0 Å². The maximum Gasteiger partial charge on any atom is 0.334 e. The van der Waals surface area contributed by atoms with Gasteiger partial charge in [0.25, 0.3) is 0 Å². The van der Waals surface area contributed by atoms with E-state index in [1.807, 2.05) is 48.5 Å². The van der Waals surface area contributed by atoms with Gasteiger partial charge in [-0.15, -0.1) is 0 Å². The second-order valence-electron chi connectivity index (χ2n) is 5.51. The van der Waals surface area contributed by atoms with Crippen LogP contribution in [0, 0.1) is 0 Å². The number of ether oxygens (including phenoxy) is 3. The lowest BCUT2D eigenvalue weighted by molar-refractivity contribution is -0.138. The van der Waals surface area contributed by atoms with Crippen molar-refractivity contribution in [3.63, 3.8) is 0 Å². The summed E-state index contributed by atoms with van der Waals surface area (Å²) in [6.45, 7) is 1.86. The van der Waals surface area contributed by atoms with Crippen molar-refractivity contribution in [1.29, 1.82) is 0 Å². The van der Waals surface area contributed by atoms with Crippen LogP contribution in [0.2, 0.25) is 0 Å². The zero-order valence-corrected chi connectivity index (χ0v) is 15.3. The highest BCUT2D eigenvalue weighted by molar-refractivity contribution is 6.02. The van der Waals surface area contributed by atoms with Crippen LogP contribution in [-0.2, 0) is 9.53 Å². The molecule has 0 aliphatic carbocycles. The molecular weight excluding hydrogens is 332 g/mol. The Hall–Kier alpha value is -2.79. The first-order chi connectivity index (χ1) is 12.6. The summed E-state index contributed by atoms with van der Waals surface area (Å²) in [4.78, 5) is 12.6. The summed E-state index contributed by atoms with van der Waals surface area (Å²) < 4.78 is 15.9. The minimum absolute atomic E-state index is 0.161. The number of carbonyl (C=O) groups is 1. The Morgan fingerprint density at radius 2 is 1.50 bits per heavy atom. The molecule has 0 aliphatic heterocycles. The number of benzene rings is 2. The van der Waals surface area contributed by atoms with E-state index in [1.165, 1.54) is 0 Å². The minimum Gasteiger partial charge on any atom is -0.497 e. The lowest BCUT2D eigenvalue weighted by Crippen LogP contribution is -2.12. The molecule has 138 valence electrons. The van der Waals surface area contributed by atoms with Crippen LogP contribution in [0.5, 0.6) is 11.5 Å². The smallest absolute Gasteiger partial charge is 0.334 e. The molecule has 0 atom stereocenters. The SMILES string of the molecule is CCOC(=O)C(CCO)=C(c1cccc(OC)c1)c1cccc(OC)c1. The van der Waals surface area contributed by atoms with Gasteiger partial charge in [-0.1, -0.05) is 24.3 Å². The summed E-state index contributed by atoms with van der Waals surface area (Å²) in [6, 6.07) is 14.9. The fourth-order valence-electron chi connectivity index (χ4n) is 2.73. The fourth-order valence-corrected chi connectivity index (χ4v) is 2.73. The zero-order valence-electron chi connectivity index (χ0n) is 15.3. The molecule has 0 saturated carbocycles. The van der Waals surface area contributed by atoms with Gasteiger partial charge < -0.3 is 19.3 Å². The van der Waals surface area contributed by atoms with E-state index in [-0.39, 0.29) is 19.6 Å². The normalized spacial score (nSPS) is 10.2. The number of aliphatic hydroxyl groups excluding tert-OH is 1. The van der Waals surface area contributed by atoms with Gasteiger partial charge in [-0.05, 0) is 47.9 Å². The average molecular weight is 356 g/mol. The first kappa shape index (κ1) is 19.5. The topological polar surface area (TPSA) is 65.0 Å². The van der Waals surface area contributed by atoms with Crippen LogP contribution >= 0.6 is 0 Å². The van der Waals surface area contributed by atoms with Crippen molar-refractivity contribution in [2.24, 2.45) is 0 Å². The Bertz CT molecular complexity index is 730. The van der Waals surface area contributed by atoms with Crippen molar-refractivity contribution < 1.29 is 24.1 Å². The van der Waals surface area contributed by atoms with Crippen molar-refractivity contribution in [2.75, 3.05) is 27.4 Å². The lowest BCUT2D eigenvalue weighted by atomic mass is 9.91. The van der Waals surface area contributed by atoms with Crippen LogP contribution < -0.4 is 9.47 Å². The zero-order chi connectivity index (χ0) is 18.9. The monoisotopic (exact) mass is 356 g/mol. The second-order valence-corrected chi connectivity index (χ2v) is 5.51. The molecular formula is C21H24O5. The van der Waals surface area contributed by atoms with Crippen LogP contribution in [0.4, 0.5) is 0 Å². The summed E-state index contributed by atoms with van der Waals surface area (Å²) in [7, 11) is 3.18. The maximum atomic E-state index is 12.6. The summed E-state index contributed by atoms with van der Waals surface area (Å²) >= 11 is 0. The first-order valence-corrected chi connectivity index (χ1v) is 8.44. The number of methoxy groups -OCH3 is 2. The quantitative estimate of drug-likeness (QED) is 0.580. The van der Waals surface area contributed by atoms with Crippen LogP contribution in [0.15, 0.2) is 54.1 Å². The van der Waals surface area contributed by atoms with E-state index >= 15 is 0 Å². The van der Waals surface area contributed by atoms with Crippen LogP contribution in [-0.4, -0.2) is 38.5 Å². The lowest BCUT2D eigenvalue weighted by Gasteiger charge is -2.16. The highest BCUT2D eigenvalue weighted by atomic mass is 16.5. The van der Waals surface area contributed by atoms with Gasteiger partial charge in [0.05, 0.1) is 20.8 Å². The molecule has 0 saturated heterocycles. The third kappa shape index (κ3) is 4.64. The number of carbonyl (C=O) groups excluding carboxylic acids is 1. The van der Waals surface area contributed by atoms with Gasteiger partial charge >= 0.3 is 5.97 Å². The van der Waals surface area contributed by atoms with E-state index in [1.54, 1.807) is 21.1 Å². The van der Waals surface area contributed by atoms with Crippen molar-refractivity contribution in [3.8, 4) is 11.5 Å². The fraction of sp³-hybridized carbons (Fsp3) is 0.286. The average Bonchev–Trinajstić information content (AvgIpc) is 2.68. The molecule has 0 amide bonds. The van der Waals surface area contributed by atoms with E-state index in [9.17, 15) is 9.90 Å². The van der Waals surface area contributed by atoms with E-state index in [4.69, 9.17) is 14.2 Å². The Morgan fingerprint density at radius 3 is 1.92 bits per heavy atom. The van der Waals surface area contributed by atoms with Gasteiger partial charge in [0, 0.05) is 18.6 Å². The predicted molar refractivity (Wildman–Crippen MR) is 100 cm³/mol. The Morgan fingerprint density at radius 1 is 0.962 bits per heavy atom. The van der Waals surface area contributed by atoms with Gasteiger partial charge in [-0.3, -0.25) is 0 Å². The molecule has 2 aromatic rings. The molecule has 2 aromatic carbocycles. The van der Waals surface area contributed by atoms with Gasteiger partial charge in [-0.25, -0.2) is 4.79 Å². The molecule has 0 fully saturated rings. The van der Waals surface area contributed by atoms with Crippen molar-refractivity contribution in [3.05, 3.63) is 65.2 Å². The van der Waals surface area contributed by atoms with Crippen molar-refractivity contribution in [2.45, 2.75) is 13.3 Å². The number of hydrogen-bond acceptors (Lipinski definition) is 5. The first-order valence-electron chi connectivity index (χ1n) is 8.44. The van der Waals surface area contributed by atoms with Crippen LogP contribution in [0.25, 0.3) is 5.57 Å². The Balaban J connectivity index is 2.73. The van der Waals surface area contributed by atoms with Gasteiger partial charge in [-0.2, -0.15) is 0 Å². The molecule has 0 radical (unpaired) electrons. The highest BCUT2D eigenvalue weighted by Crippen LogP contribution is 2.32. The standard InChI is InChI=1S/C21H24O5/c1-4-26-21(23)19(11-12-22)20(15-7-5-9-17(13-15)24-2)16-8-6-10-18(14-16)25-3/h5-10,13-14,22H,4,11-12H2,1-3H3. The Labute approximate surface area is 153 Å². The second kappa shape index (κ2) is 9.63. The number of esters is 1. The molecule has 5 nitrogen and oxygen atoms in total. The summed E-state index contributed by atoms with van der Waals surface area (Å²) in [6.07, 6.45) is 0.183. The molecule has 0 aliphatic rings. The van der Waals surface area contributed by atoms with Gasteiger partial charge in [0.1, 0.15) is 11.5 Å². The molecule has 2 rings (SSSR count). The van der Waals surface area contributed by atoms with Gasteiger partial charge in [0.2, 0.25) is 0 Å². The molecule has 1 N–H and O–H groups in total. The molecule has 26 heavy (non-hydrogen) atoms. The predicted octanol–water partition coefficient (Wildman–Crippen LogP) is 3.45. The summed E-state index contributed by atoms with van der Waals surface area (Å²) in [5, 5.41) is 9.51. The van der Waals surface area contributed by atoms with E-state index in [0.29, 0.717) is 22.6 Å². The molecule has 0 spiro atoms. The molecule has 0 heterocycles. The van der Waals surface area contributed by atoms with Crippen LogP contribution in [0.1, 0.15) is 24.5 Å². The van der Waals surface area contributed by atoms with Crippen molar-refractivity contribution in [1.82, 2.24) is 0 Å². The largest absolute Gasteiger partial charge is 0.497 e. The summed E-state index contributed by atoms with van der Waals surface area (Å²) in [5.74, 6) is 0.910. The van der Waals surface area contributed by atoms with E-state index in [0.717, 1.165) is 11.1 Å². The number of aliphatic hydroxyl groups is 1. The minimum atomic E-state index is -0.442. The third-order valence-corrected chi connectivity index (χ3v) is 3.90. The number of hydrogen-bond donors (Lipinski definition) is 1. The highest BCUT2D eigenvalue weighted by Gasteiger charge is 2.20. The molecule has 0 unspecified atom stereocenters. The molecule has 5 heteroatoms. The third-order valence-electron chi connectivity index (χ3n) is 3.90. The van der Waals surface area contributed by atoms with Crippen molar-refractivity contribution >= 4 is 11.5 Å². The van der Waals surface area contributed by atoms with Gasteiger partial charge in [0.15, 0.2) is 0 Å². The molecule has 0 aromatic heterocycles. The van der Waals surface area contributed by atoms with E-state index in [2.05, 4.69) is 0 Å². The number of rotatable bonds is 8. The van der Waals surface area contributed by atoms with E-state index < -0.39 is 5.97 Å². The maximum absolute atomic E-state index is 12.6.